The highest BCUT2D eigenvalue weighted by molar-refractivity contribution is 7.99. The fourth-order valence-electron chi connectivity index (χ4n) is 1.90. The second kappa shape index (κ2) is 6.72. The lowest BCUT2D eigenvalue weighted by atomic mass is 10.1. The summed E-state index contributed by atoms with van der Waals surface area (Å²) in [6, 6.07) is 7.81. The van der Waals surface area contributed by atoms with Crippen LogP contribution in [0.1, 0.15) is 22.5 Å². The van der Waals surface area contributed by atoms with Crippen LogP contribution in [0, 0.1) is 27.7 Å². The summed E-state index contributed by atoms with van der Waals surface area (Å²) in [4.78, 5) is 20.6. The van der Waals surface area contributed by atoms with Crippen LogP contribution in [-0.4, -0.2) is 21.6 Å². The van der Waals surface area contributed by atoms with Crippen LogP contribution >= 0.6 is 11.8 Å². The lowest BCUT2D eigenvalue weighted by molar-refractivity contribution is -0.113. The predicted molar refractivity (Wildman–Crippen MR) is 86.8 cm³/mol. The van der Waals surface area contributed by atoms with E-state index in [4.69, 9.17) is 0 Å². The van der Waals surface area contributed by atoms with Gasteiger partial charge in [0.1, 0.15) is 0 Å². The third kappa shape index (κ3) is 4.56. The van der Waals surface area contributed by atoms with Crippen LogP contribution in [0.2, 0.25) is 0 Å². The molecule has 0 unspecified atom stereocenters. The number of nitrogens with zero attached hydrogens (tertiary/aromatic N) is 2. The molecule has 0 atom stereocenters. The summed E-state index contributed by atoms with van der Waals surface area (Å²) in [6.45, 7) is 7.93. The molecule has 0 aliphatic rings. The van der Waals surface area contributed by atoms with Crippen molar-refractivity contribution in [1.29, 1.82) is 0 Å². The van der Waals surface area contributed by atoms with E-state index in [9.17, 15) is 4.79 Å². The average molecular weight is 301 g/mol. The molecular weight excluding hydrogens is 282 g/mol. The van der Waals surface area contributed by atoms with E-state index in [0.29, 0.717) is 10.9 Å². The van der Waals surface area contributed by atoms with Crippen LogP contribution in [-0.2, 0) is 4.79 Å². The summed E-state index contributed by atoms with van der Waals surface area (Å²) in [6.07, 6.45) is 0. The number of thioether (sulfide) groups is 1. The van der Waals surface area contributed by atoms with Crippen molar-refractivity contribution in [2.45, 2.75) is 32.9 Å². The van der Waals surface area contributed by atoms with Gasteiger partial charge in [0.25, 0.3) is 0 Å². The number of aromatic nitrogens is 2. The molecule has 0 radical (unpaired) electrons. The van der Waals surface area contributed by atoms with Gasteiger partial charge in [0.2, 0.25) is 5.91 Å². The summed E-state index contributed by atoms with van der Waals surface area (Å²) in [5, 5.41) is 3.54. The van der Waals surface area contributed by atoms with Crippen molar-refractivity contribution in [3.05, 3.63) is 46.8 Å². The molecular formula is C16H19N3OS. The maximum absolute atomic E-state index is 12.0. The molecule has 1 aromatic heterocycles. The first-order valence-electron chi connectivity index (χ1n) is 6.76. The molecule has 5 heteroatoms. The van der Waals surface area contributed by atoms with Crippen molar-refractivity contribution < 1.29 is 4.79 Å². The SMILES string of the molecule is Cc1cc(C)nc(SCC(=O)Nc2ccc(C)c(C)c2)n1. The van der Waals surface area contributed by atoms with Gasteiger partial charge in [-0.05, 0) is 57.0 Å². The van der Waals surface area contributed by atoms with Gasteiger partial charge in [-0.2, -0.15) is 0 Å². The van der Waals surface area contributed by atoms with Crippen LogP contribution in [0.25, 0.3) is 0 Å². The second-order valence-electron chi connectivity index (χ2n) is 5.07. The summed E-state index contributed by atoms with van der Waals surface area (Å²) in [5.41, 5.74) is 5.04. The first kappa shape index (κ1) is 15.5. The molecule has 0 saturated heterocycles. The summed E-state index contributed by atoms with van der Waals surface area (Å²) >= 11 is 1.35. The smallest absolute Gasteiger partial charge is 0.234 e. The Hall–Kier alpha value is -1.88. The number of hydrogen-bond acceptors (Lipinski definition) is 4. The van der Waals surface area contributed by atoms with Gasteiger partial charge in [0.15, 0.2) is 5.16 Å². The molecule has 4 nitrogen and oxygen atoms in total. The van der Waals surface area contributed by atoms with Gasteiger partial charge in [0, 0.05) is 17.1 Å². The Balaban J connectivity index is 1.94. The van der Waals surface area contributed by atoms with E-state index in [2.05, 4.69) is 15.3 Å². The third-order valence-corrected chi connectivity index (χ3v) is 3.93. The Morgan fingerprint density at radius 2 is 1.71 bits per heavy atom. The average Bonchev–Trinajstić information content (AvgIpc) is 2.40. The predicted octanol–water partition coefficient (Wildman–Crippen LogP) is 3.44. The zero-order chi connectivity index (χ0) is 15.4. The molecule has 0 aliphatic carbocycles. The first-order chi connectivity index (χ1) is 9.94. The standard InChI is InChI=1S/C16H19N3OS/c1-10-5-6-14(7-11(10)2)19-15(20)9-21-16-17-12(3)8-13(4)18-16/h5-8H,9H2,1-4H3,(H,19,20). The van der Waals surface area contributed by atoms with Crippen molar-refractivity contribution in [3.8, 4) is 0 Å². The van der Waals surface area contributed by atoms with Crippen LogP contribution in [0.4, 0.5) is 5.69 Å². The lowest BCUT2D eigenvalue weighted by Crippen LogP contribution is -2.14. The highest BCUT2D eigenvalue weighted by atomic mass is 32.2. The molecule has 2 rings (SSSR count). The van der Waals surface area contributed by atoms with Crippen LogP contribution < -0.4 is 5.32 Å². The van der Waals surface area contributed by atoms with E-state index in [0.717, 1.165) is 22.6 Å². The molecule has 0 spiro atoms. The zero-order valence-electron chi connectivity index (χ0n) is 12.7. The summed E-state index contributed by atoms with van der Waals surface area (Å²) in [5.74, 6) is 0.251. The van der Waals surface area contributed by atoms with Gasteiger partial charge in [-0.25, -0.2) is 9.97 Å². The third-order valence-electron chi connectivity index (χ3n) is 3.08. The second-order valence-corrected chi connectivity index (χ2v) is 6.01. The largest absolute Gasteiger partial charge is 0.325 e. The number of rotatable bonds is 4. The number of carbonyl (C=O) groups excluding carboxylic acids is 1. The van der Waals surface area contributed by atoms with Gasteiger partial charge in [-0.1, -0.05) is 17.8 Å². The minimum atomic E-state index is -0.0500. The lowest BCUT2D eigenvalue weighted by Gasteiger charge is -2.07. The van der Waals surface area contributed by atoms with E-state index >= 15 is 0 Å². The Morgan fingerprint density at radius 1 is 1.05 bits per heavy atom. The van der Waals surface area contributed by atoms with Crippen molar-refractivity contribution in [2.75, 3.05) is 11.1 Å². The molecule has 0 bridgehead atoms. The Kier molecular flexibility index (Phi) is 4.96. The van der Waals surface area contributed by atoms with Crippen LogP contribution in [0.3, 0.4) is 0 Å². The Morgan fingerprint density at radius 3 is 2.33 bits per heavy atom. The maximum atomic E-state index is 12.0. The highest BCUT2D eigenvalue weighted by Crippen LogP contribution is 2.17. The zero-order valence-corrected chi connectivity index (χ0v) is 13.5. The van der Waals surface area contributed by atoms with Crippen molar-refractivity contribution >= 4 is 23.4 Å². The highest BCUT2D eigenvalue weighted by Gasteiger charge is 2.07. The normalized spacial score (nSPS) is 10.5. The molecule has 2 aromatic rings. The van der Waals surface area contributed by atoms with E-state index in [1.54, 1.807) is 0 Å². The number of carbonyl (C=O) groups is 1. The van der Waals surface area contributed by atoms with E-state index < -0.39 is 0 Å². The van der Waals surface area contributed by atoms with Crippen LogP contribution in [0.5, 0.6) is 0 Å². The van der Waals surface area contributed by atoms with Crippen molar-refractivity contribution in [1.82, 2.24) is 9.97 Å². The van der Waals surface area contributed by atoms with Gasteiger partial charge in [-0.3, -0.25) is 4.79 Å². The van der Waals surface area contributed by atoms with Gasteiger partial charge < -0.3 is 5.32 Å². The molecule has 1 heterocycles. The fraction of sp³-hybridized carbons (Fsp3) is 0.312. The number of nitrogens with one attached hydrogen (secondary N) is 1. The van der Waals surface area contributed by atoms with Crippen LogP contribution in [0.15, 0.2) is 29.4 Å². The summed E-state index contributed by atoms with van der Waals surface area (Å²) < 4.78 is 0. The number of aryl methyl sites for hydroxylation is 4. The van der Waals surface area contributed by atoms with Crippen molar-refractivity contribution in [2.24, 2.45) is 0 Å². The number of benzene rings is 1. The molecule has 0 aliphatic heterocycles. The van der Waals surface area contributed by atoms with Gasteiger partial charge >= 0.3 is 0 Å². The quantitative estimate of drug-likeness (QED) is 0.694. The van der Waals surface area contributed by atoms with E-state index in [1.165, 1.54) is 17.3 Å². The van der Waals surface area contributed by atoms with Gasteiger partial charge in [0.05, 0.1) is 5.75 Å². The minimum Gasteiger partial charge on any atom is -0.325 e. The molecule has 1 N–H and O–H groups in total. The topological polar surface area (TPSA) is 54.9 Å². The number of amides is 1. The number of hydrogen-bond donors (Lipinski definition) is 1. The summed E-state index contributed by atoms with van der Waals surface area (Å²) in [7, 11) is 0. The first-order valence-corrected chi connectivity index (χ1v) is 7.75. The molecule has 0 saturated carbocycles. The van der Waals surface area contributed by atoms with E-state index in [1.807, 2.05) is 52.0 Å². The molecule has 110 valence electrons. The maximum Gasteiger partial charge on any atom is 0.234 e. The Labute approximate surface area is 129 Å². The van der Waals surface area contributed by atoms with Gasteiger partial charge in [-0.15, -0.1) is 0 Å². The Bertz CT molecular complexity index is 650. The fourth-order valence-corrected chi connectivity index (χ4v) is 2.65. The minimum absolute atomic E-state index is 0.0500. The van der Waals surface area contributed by atoms with E-state index in [-0.39, 0.29) is 5.91 Å². The molecule has 1 aromatic carbocycles. The molecule has 0 fully saturated rings. The molecule has 21 heavy (non-hydrogen) atoms. The molecule has 1 amide bonds. The monoisotopic (exact) mass is 301 g/mol. The number of anilines is 1. The van der Waals surface area contributed by atoms with Crippen molar-refractivity contribution in [3.63, 3.8) is 0 Å².